The van der Waals surface area contributed by atoms with Gasteiger partial charge in [0, 0.05) is 29.1 Å². The Morgan fingerprint density at radius 3 is 2.43 bits per heavy atom. The zero-order chi connectivity index (χ0) is 21.7. The number of piperidine rings is 1. The first-order chi connectivity index (χ1) is 14.0. The number of halogens is 1. The monoisotopic (exact) mass is 433 g/mol. The van der Waals surface area contributed by atoms with E-state index in [1.165, 1.54) is 0 Å². The summed E-state index contributed by atoms with van der Waals surface area (Å²) >= 11 is 5.99. The van der Waals surface area contributed by atoms with E-state index >= 15 is 0 Å². The van der Waals surface area contributed by atoms with Crippen molar-refractivity contribution in [3.8, 4) is 0 Å². The number of aromatic nitrogens is 4. The third-order valence-corrected chi connectivity index (χ3v) is 6.59. The second-order valence-electron chi connectivity index (χ2n) is 10.2. The standard InChI is InChI=1S/C21H32ClN7O/c1-20(2)9-13(10-21(3,4)28-20)25-18(30)12-5-7-14(8-6-12)29-11-24-15-16(23)26-19(22)27-17(15)29/h11-14,28H,5-10H2,1-4H3,(H,25,30)(H2,23,26,27). The molecule has 164 valence electrons. The van der Waals surface area contributed by atoms with Crippen LogP contribution in [-0.2, 0) is 4.79 Å². The molecular weight excluding hydrogens is 402 g/mol. The molecule has 0 bridgehead atoms. The van der Waals surface area contributed by atoms with Gasteiger partial charge >= 0.3 is 0 Å². The van der Waals surface area contributed by atoms with Gasteiger partial charge in [-0.05, 0) is 77.8 Å². The number of anilines is 1. The molecular formula is C21H32ClN7O. The maximum atomic E-state index is 13.0. The van der Waals surface area contributed by atoms with Crippen LogP contribution in [0, 0.1) is 5.92 Å². The number of fused-ring (bicyclic) bond motifs is 1. The predicted molar refractivity (Wildman–Crippen MR) is 118 cm³/mol. The highest BCUT2D eigenvalue weighted by Crippen LogP contribution is 2.35. The predicted octanol–water partition coefficient (Wildman–Crippen LogP) is 3.22. The van der Waals surface area contributed by atoms with E-state index in [2.05, 4.69) is 53.3 Å². The van der Waals surface area contributed by atoms with Crippen molar-refractivity contribution in [2.24, 2.45) is 5.92 Å². The summed E-state index contributed by atoms with van der Waals surface area (Å²) in [6, 6.07) is 0.446. The van der Waals surface area contributed by atoms with Crippen LogP contribution in [0.5, 0.6) is 0 Å². The number of carbonyl (C=O) groups is 1. The highest BCUT2D eigenvalue weighted by Gasteiger charge is 2.39. The molecule has 30 heavy (non-hydrogen) atoms. The number of nitrogens with zero attached hydrogens (tertiary/aromatic N) is 4. The van der Waals surface area contributed by atoms with Crippen molar-refractivity contribution >= 4 is 34.5 Å². The summed E-state index contributed by atoms with van der Waals surface area (Å²) in [4.78, 5) is 25.6. The number of nitrogens with one attached hydrogen (secondary N) is 2. The van der Waals surface area contributed by atoms with E-state index in [1.54, 1.807) is 6.33 Å². The van der Waals surface area contributed by atoms with Gasteiger partial charge in [0.05, 0.1) is 6.33 Å². The van der Waals surface area contributed by atoms with Crippen LogP contribution < -0.4 is 16.4 Å². The van der Waals surface area contributed by atoms with Gasteiger partial charge in [0.1, 0.15) is 5.52 Å². The average molecular weight is 434 g/mol. The summed E-state index contributed by atoms with van der Waals surface area (Å²) in [7, 11) is 0. The Hall–Kier alpha value is -1.93. The fraction of sp³-hybridized carbons (Fsp3) is 0.714. The number of rotatable bonds is 3. The zero-order valence-electron chi connectivity index (χ0n) is 18.2. The average Bonchev–Trinajstić information content (AvgIpc) is 3.03. The first-order valence-corrected chi connectivity index (χ1v) is 11.2. The van der Waals surface area contributed by atoms with Crippen LogP contribution in [0.15, 0.2) is 6.33 Å². The van der Waals surface area contributed by atoms with E-state index in [0.717, 1.165) is 38.5 Å². The maximum Gasteiger partial charge on any atom is 0.226 e. The highest BCUT2D eigenvalue weighted by atomic mass is 35.5. The molecule has 1 aliphatic heterocycles. The molecule has 1 saturated heterocycles. The van der Waals surface area contributed by atoms with E-state index in [0.29, 0.717) is 17.0 Å². The van der Waals surface area contributed by atoms with E-state index in [9.17, 15) is 4.79 Å². The van der Waals surface area contributed by atoms with Crippen molar-refractivity contribution in [2.45, 2.75) is 89.4 Å². The third-order valence-electron chi connectivity index (χ3n) is 6.42. The number of hydrogen-bond acceptors (Lipinski definition) is 6. The van der Waals surface area contributed by atoms with Crippen molar-refractivity contribution in [2.75, 3.05) is 5.73 Å². The van der Waals surface area contributed by atoms with Crippen LogP contribution >= 0.6 is 11.6 Å². The Balaban J connectivity index is 1.38. The zero-order valence-corrected chi connectivity index (χ0v) is 19.0. The lowest BCUT2D eigenvalue weighted by Crippen LogP contribution is -2.62. The van der Waals surface area contributed by atoms with Crippen LogP contribution in [0.4, 0.5) is 5.82 Å². The highest BCUT2D eigenvalue weighted by molar-refractivity contribution is 6.28. The summed E-state index contributed by atoms with van der Waals surface area (Å²) in [5.41, 5.74) is 7.20. The van der Waals surface area contributed by atoms with Crippen LogP contribution in [0.25, 0.3) is 11.2 Å². The fourth-order valence-electron chi connectivity index (χ4n) is 5.54. The summed E-state index contributed by atoms with van der Waals surface area (Å²) in [6.07, 6.45) is 7.14. The maximum absolute atomic E-state index is 13.0. The van der Waals surface area contributed by atoms with Gasteiger partial charge in [-0.15, -0.1) is 0 Å². The molecule has 1 saturated carbocycles. The van der Waals surface area contributed by atoms with Gasteiger partial charge in [-0.2, -0.15) is 9.97 Å². The normalized spacial score (nSPS) is 26.6. The molecule has 3 heterocycles. The minimum atomic E-state index is 0.0187. The molecule has 9 heteroatoms. The molecule has 2 aromatic rings. The van der Waals surface area contributed by atoms with E-state index in [-0.39, 0.29) is 40.3 Å². The second-order valence-corrected chi connectivity index (χ2v) is 10.6. The Labute approximate surface area is 182 Å². The molecule has 0 radical (unpaired) electrons. The van der Waals surface area contributed by atoms with Crippen molar-refractivity contribution < 1.29 is 4.79 Å². The molecule has 4 N–H and O–H groups in total. The Morgan fingerprint density at radius 2 is 1.80 bits per heavy atom. The summed E-state index contributed by atoms with van der Waals surface area (Å²) < 4.78 is 2.03. The van der Waals surface area contributed by atoms with Crippen LogP contribution in [-0.4, -0.2) is 42.5 Å². The number of imidazole rings is 1. The Bertz CT molecular complexity index is 930. The minimum Gasteiger partial charge on any atom is -0.382 e. The molecule has 4 rings (SSSR count). The number of amides is 1. The van der Waals surface area contributed by atoms with Crippen LogP contribution in [0.1, 0.15) is 72.3 Å². The van der Waals surface area contributed by atoms with Crippen LogP contribution in [0.3, 0.4) is 0 Å². The quantitative estimate of drug-likeness (QED) is 0.641. The molecule has 8 nitrogen and oxygen atoms in total. The van der Waals surface area contributed by atoms with Gasteiger partial charge in [-0.1, -0.05) is 0 Å². The molecule has 0 aromatic carbocycles. The molecule has 0 atom stereocenters. The van der Waals surface area contributed by atoms with E-state index in [1.807, 2.05) is 4.57 Å². The SMILES string of the molecule is CC1(C)CC(NC(=O)C2CCC(n3cnc4c(N)nc(Cl)nc43)CC2)CC(C)(C)N1. The lowest BCUT2D eigenvalue weighted by molar-refractivity contribution is -0.127. The molecule has 1 amide bonds. The van der Waals surface area contributed by atoms with Crippen molar-refractivity contribution in [1.29, 1.82) is 0 Å². The molecule has 0 unspecified atom stereocenters. The second kappa shape index (κ2) is 7.64. The lowest BCUT2D eigenvalue weighted by atomic mass is 9.79. The number of carbonyl (C=O) groups excluding carboxylic acids is 1. The summed E-state index contributed by atoms with van der Waals surface area (Å²) in [6.45, 7) is 8.82. The van der Waals surface area contributed by atoms with E-state index in [4.69, 9.17) is 17.3 Å². The van der Waals surface area contributed by atoms with E-state index < -0.39 is 0 Å². The van der Waals surface area contributed by atoms with Gasteiger partial charge in [0.15, 0.2) is 11.5 Å². The fourth-order valence-corrected chi connectivity index (χ4v) is 5.71. The minimum absolute atomic E-state index is 0.0187. The smallest absolute Gasteiger partial charge is 0.226 e. The molecule has 2 aromatic heterocycles. The first kappa shape index (κ1) is 21.3. The summed E-state index contributed by atoms with van der Waals surface area (Å²) in [5.74, 6) is 0.544. The number of hydrogen-bond donors (Lipinski definition) is 3. The third kappa shape index (κ3) is 4.39. The van der Waals surface area contributed by atoms with Crippen molar-refractivity contribution in [3.05, 3.63) is 11.6 Å². The van der Waals surface area contributed by atoms with Gasteiger partial charge in [0.2, 0.25) is 11.2 Å². The van der Waals surface area contributed by atoms with Crippen molar-refractivity contribution in [3.63, 3.8) is 0 Å². The molecule has 0 spiro atoms. The number of nitrogen functional groups attached to an aromatic ring is 1. The Morgan fingerprint density at radius 1 is 1.17 bits per heavy atom. The first-order valence-electron chi connectivity index (χ1n) is 10.8. The van der Waals surface area contributed by atoms with Gasteiger partial charge in [0.25, 0.3) is 0 Å². The van der Waals surface area contributed by atoms with Gasteiger partial charge in [-0.3, -0.25) is 4.79 Å². The van der Waals surface area contributed by atoms with Gasteiger partial charge < -0.3 is 20.9 Å². The summed E-state index contributed by atoms with van der Waals surface area (Å²) in [5, 5.41) is 7.14. The largest absolute Gasteiger partial charge is 0.382 e. The number of nitrogens with two attached hydrogens (primary N) is 1. The topological polar surface area (TPSA) is 111 Å². The molecule has 1 aliphatic carbocycles. The molecule has 2 fully saturated rings. The van der Waals surface area contributed by atoms with Crippen molar-refractivity contribution in [1.82, 2.24) is 30.2 Å². The van der Waals surface area contributed by atoms with Crippen LogP contribution in [0.2, 0.25) is 5.28 Å². The van der Waals surface area contributed by atoms with Gasteiger partial charge in [-0.25, -0.2) is 4.98 Å². The molecule has 2 aliphatic rings. The lowest BCUT2D eigenvalue weighted by Gasteiger charge is -2.47. The Kier molecular flexibility index (Phi) is 5.43.